The molecule has 0 spiro atoms. The summed E-state index contributed by atoms with van der Waals surface area (Å²) in [6, 6.07) is 5.96. The molecule has 0 bridgehead atoms. The van der Waals surface area contributed by atoms with Crippen LogP contribution in [0.15, 0.2) is 35.2 Å². The molecule has 0 radical (unpaired) electrons. The van der Waals surface area contributed by atoms with E-state index >= 15 is 0 Å². The fourth-order valence-corrected chi connectivity index (χ4v) is 3.82. The molecule has 0 saturated carbocycles. The Bertz CT molecular complexity index is 749. The highest BCUT2D eigenvalue weighted by Crippen LogP contribution is 2.19. The summed E-state index contributed by atoms with van der Waals surface area (Å²) in [7, 11) is -3.66. The molecule has 0 atom stereocenters. The maximum absolute atomic E-state index is 12.6. The molecule has 25 heavy (non-hydrogen) atoms. The van der Waals surface area contributed by atoms with E-state index in [0.717, 1.165) is 6.08 Å². The number of carboxylic acids is 1. The maximum Gasteiger partial charge on any atom is 0.409 e. The first-order chi connectivity index (χ1) is 11.8. The third-order valence-corrected chi connectivity index (χ3v) is 5.61. The maximum atomic E-state index is 12.6. The molecule has 0 aromatic heterocycles. The number of hydrogen-bond acceptors (Lipinski definition) is 5. The van der Waals surface area contributed by atoms with Gasteiger partial charge in [-0.2, -0.15) is 4.31 Å². The molecule has 1 aliphatic heterocycles. The van der Waals surface area contributed by atoms with Crippen LogP contribution in [-0.4, -0.2) is 67.6 Å². The summed E-state index contributed by atoms with van der Waals surface area (Å²) >= 11 is 0. The molecule has 2 rings (SSSR count). The van der Waals surface area contributed by atoms with Crippen LogP contribution in [0.3, 0.4) is 0 Å². The lowest BCUT2D eigenvalue weighted by Gasteiger charge is -2.33. The van der Waals surface area contributed by atoms with E-state index in [0.29, 0.717) is 5.56 Å². The first-order valence-electron chi connectivity index (χ1n) is 7.77. The lowest BCUT2D eigenvalue weighted by atomic mass is 10.2. The van der Waals surface area contributed by atoms with Crippen molar-refractivity contribution in [3.05, 3.63) is 35.9 Å². The molecule has 0 aliphatic carbocycles. The fourth-order valence-electron chi connectivity index (χ4n) is 2.39. The second-order valence-electron chi connectivity index (χ2n) is 5.33. The van der Waals surface area contributed by atoms with E-state index < -0.39 is 22.1 Å². The predicted octanol–water partition coefficient (Wildman–Crippen LogP) is 1.25. The number of piperazine rings is 1. The van der Waals surface area contributed by atoms with Gasteiger partial charge in [0.2, 0.25) is 10.0 Å². The minimum atomic E-state index is -3.66. The quantitative estimate of drug-likeness (QED) is 0.785. The molecule has 1 saturated heterocycles. The van der Waals surface area contributed by atoms with Crippen LogP contribution in [0.4, 0.5) is 4.79 Å². The number of amides is 1. The molecule has 9 heteroatoms. The summed E-state index contributed by atoms with van der Waals surface area (Å²) in [4.78, 5) is 23.8. The minimum absolute atomic E-state index is 0.129. The number of sulfonamides is 1. The highest BCUT2D eigenvalue weighted by molar-refractivity contribution is 7.89. The Morgan fingerprint density at radius 3 is 2.28 bits per heavy atom. The molecule has 1 amide bonds. The van der Waals surface area contributed by atoms with Crippen molar-refractivity contribution in [2.45, 2.75) is 11.8 Å². The average Bonchev–Trinajstić information content (AvgIpc) is 2.60. The van der Waals surface area contributed by atoms with Crippen molar-refractivity contribution in [1.82, 2.24) is 9.21 Å². The van der Waals surface area contributed by atoms with Gasteiger partial charge in [-0.1, -0.05) is 12.1 Å². The van der Waals surface area contributed by atoms with E-state index in [9.17, 15) is 18.0 Å². The Kier molecular flexibility index (Phi) is 6.16. The molecule has 1 aromatic carbocycles. The monoisotopic (exact) mass is 368 g/mol. The molecule has 1 fully saturated rings. The van der Waals surface area contributed by atoms with E-state index in [2.05, 4.69) is 0 Å². The SMILES string of the molecule is CCOC(=O)N1CCN(S(=O)(=O)c2ccc(C=CC(=O)O)cc2)CC1. The first kappa shape index (κ1) is 18.9. The summed E-state index contributed by atoms with van der Waals surface area (Å²) in [5.41, 5.74) is 0.591. The zero-order valence-electron chi connectivity index (χ0n) is 13.8. The van der Waals surface area contributed by atoms with E-state index in [-0.39, 0.29) is 37.7 Å². The van der Waals surface area contributed by atoms with Gasteiger partial charge in [-0.3, -0.25) is 0 Å². The fraction of sp³-hybridized carbons (Fsp3) is 0.375. The molecule has 1 aliphatic rings. The van der Waals surface area contributed by atoms with Gasteiger partial charge in [-0.25, -0.2) is 18.0 Å². The van der Waals surface area contributed by atoms with Gasteiger partial charge in [-0.15, -0.1) is 0 Å². The molecule has 0 unspecified atom stereocenters. The van der Waals surface area contributed by atoms with Crippen LogP contribution in [0.25, 0.3) is 6.08 Å². The normalized spacial score (nSPS) is 16.1. The van der Waals surface area contributed by atoms with Gasteiger partial charge < -0.3 is 14.7 Å². The van der Waals surface area contributed by atoms with Crippen LogP contribution in [-0.2, 0) is 19.6 Å². The van der Waals surface area contributed by atoms with Crippen LogP contribution in [0.5, 0.6) is 0 Å². The van der Waals surface area contributed by atoms with Gasteiger partial charge >= 0.3 is 12.1 Å². The zero-order valence-corrected chi connectivity index (χ0v) is 14.6. The molecule has 8 nitrogen and oxygen atoms in total. The topological polar surface area (TPSA) is 104 Å². The number of carbonyl (C=O) groups is 2. The van der Waals surface area contributed by atoms with Gasteiger partial charge in [0.05, 0.1) is 11.5 Å². The van der Waals surface area contributed by atoms with Crippen LogP contribution in [0, 0.1) is 0 Å². The number of benzene rings is 1. The van der Waals surface area contributed by atoms with Crippen LogP contribution >= 0.6 is 0 Å². The molecule has 1 N–H and O–H groups in total. The van der Waals surface area contributed by atoms with Crippen molar-refractivity contribution >= 4 is 28.2 Å². The van der Waals surface area contributed by atoms with Crippen LogP contribution in [0.2, 0.25) is 0 Å². The highest BCUT2D eigenvalue weighted by atomic mass is 32.2. The summed E-state index contributed by atoms with van der Waals surface area (Å²) in [5.74, 6) is -1.07. The number of carbonyl (C=O) groups excluding carboxylic acids is 1. The Labute approximate surface area is 146 Å². The third kappa shape index (κ3) is 4.80. The predicted molar refractivity (Wildman–Crippen MR) is 90.5 cm³/mol. The number of carboxylic acid groups (broad SMARTS) is 1. The van der Waals surface area contributed by atoms with E-state index in [1.807, 2.05) is 0 Å². The lowest BCUT2D eigenvalue weighted by Crippen LogP contribution is -2.50. The Balaban J connectivity index is 2.04. The van der Waals surface area contributed by atoms with Gasteiger partial charge in [0.1, 0.15) is 0 Å². The van der Waals surface area contributed by atoms with E-state index in [1.165, 1.54) is 27.4 Å². The second kappa shape index (κ2) is 8.13. The van der Waals surface area contributed by atoms with Gasteiger partial charge in [0.25, 0.3) is 0 Å². The number of aliphatic carboxylic acids is 1. The molecule has 1 aromatic rings. The Morgan fingerprint density at radius 2 is 1.76 bits per heavy atom. The van der Waals surface area contributed by atoms with Crippen molar-refractivity contribution in [3.63, 3.8) is 0 Å². The summed E-state index contributed by atoms with van der Waals surface area (Å²) in [5, 5.41) is 8.60. The van der Waals surface area contributed by atoms with Gasteiger partial charge in [-0.05, 0) is 30.7 Å². The first-order valence-corrected chi connectivity index (χ1v) is 9.21. The molecular weight excluding hydrogens is 348 g/mol. The van der Waals surface area contributed by atoms with Crippen molar-refractivity contribution in [3.8, 4) is 0 Å². The molecule has 1 heterocycles. The molecular formula is C16H20N2O6S. The van der Waals surface area contributed by atoms with E-state index in [4.69, 9.17) is 9.84 Å². The number of nitrogens with zero attached hydrogens (tertiary/aromatic N) is 2. The Hall–Kier alpha value is -2.39. The van der Waals surface area contributed by atoms with Crippen molar-refractivity contribution in [1.29, 1.82) is 0 Å². The summed E-state index contributed by atoms with van der Waals surface area (Å²) < 4.78 is 31.5. The highest BCUT2D eigenvalue weighted by Gasteiger charge is 2.30. The number of hydrogen-bond donors (Lipinski definition) is 1. The zero-order chi connectivity index (χ0) is 18.4. The largest absolute Gasteiger partial charge is 0.478 e. The Morgan fingerprint density at radius 1 is 1.16 bits per heavy atom. The van der Waals surface area contributed by atoms with Crippen molar-refractivity contribution in [2.75, 3.05) is 32.8 Å². The smallest absolute Gasteiger partial charge is 0.409 e. The lowest BCUT2D eigenvalue weighted by molar-refractivity contribution is -0.131. The van der Waals surface area contributed by atoms with Crippen LogP contribution in [0.1, 0.15) is 12.5 Å². The van der Waals surface area contributed by atoms with Crippen LogP contribution < -0.4 is 0 Å². The summed E-state index contributed by atoms with van der Waals surface area (Å²) in [6.45, 7) is 2.94. The number of ether oxygens (including phenoxy) is 1. The third-order valence-electron chi connectivity index (χ3n) is 3.70. The van der Waals surface area contributed by atoms with Gasteiger partial charge in [0, 0.05) is 32.3 Å². The van der Waals surface area contributed by atoms with Gasteiger partial charge in [0.15, 0.2) is 0 Å². The van der Waals surface area contributed by atoms with Crippen molar-refractivity contribution < 1.29 is 27.9 Å². The molecule has 136 valence electrons. The standard InChI is InChI=1S/C16H20N2O6S/c1-2-24-16(21)17-9-11-18(12-10-17)25(22,23)14-6-3-13(4-7-14)5-8-15(19)20/h3-8H,2,9-12H2,1H3,(H,19,20). The minimum Gasteiger partial charge on any atom is -0.478 e. The number of rotatable bonds is 5. The van der Waals surface area contributed by atoms with Crippen molar-refractivity contribution in [2.24, 2.45) is 0 Å². The van der Waals surface area contributed by atoms with E-state index in [1.54, 1.807) is 19.1 Å². The summed E-state index contributed by atoms with van der Waals surface area (Å²) in [6.07, 6.45) is 1.93. The second-order valence-corrected chi connectivity index (χ2v) is 7.27. The average molecular weight is 368 g/mol.